The van der Waals surface area contributed by atoms with E-state index in [4.69, 9.17) is 4.74 Å². The Labute approximate surface area is 411 Å². The largest absolute Gasteiger partial charge is 0.466 e. The van der Waals surface area contributed by atoms with Gasteiger partial charge < -0.3 is 20.3 Å². The van der Waals surface area contributed by atoms with E-state index in [2.05, 4.69) is 43.5 Å². The first kappa shape index (κ1) is 64.3. The molecule has 0 aliphatic heterocycles. The second kappa shape index (κ2) is 55.9. The van der Waals surface area contributed by atoms with E-state index in [0.717, 1.165) is 77.0 Å². The summed E-state index contributed by atoms with van der Waals surface area (Å²) >= 11 is 0. The predicted octanol–water partition coefficient (Wildman–Crippen LogP) is 18.2. The molecule has 0 aromatic carbocycles. The van der Waals surface area contributed by atoms with Crippen molar-refractivity contribution in [1.29, 1.82) is 0 Å². The summed E-state index contributed by atoms with van der Waals surface area (Å²) in [7, 11) is 0. The van der Waals surface area contributed by atoms with Gasteiger partial charge in [0.15, 0.2) is 0 Å². The smallest absolute Gasteiger partial charge is 0.305 e. The number of hydrogen-bond donors (Lipinski definition) is 3. The first-order valence-electron chi connectivity index (χ1n) is 29.6. The van der Waals surface area contributed by atoms with Gasteiger partial charge >= 0.3 is 5.97 Å². The maximum Gasteiger partial charge on any atom is 0.305 e. The third-order valence-corrected chi connectivity index (χ3v) is 13.8. The molecule has 1 amide bonds. The minimum absolute atomic E-state index is 0.0182. The molecule has 2 atom stereocenters. The van der Waals surface area contributed by atoms with Crippen LogP contribution in [0.1, 0.15) is 322 Å². The van der Waals surface area contributed by atoms with Gasteiger partial charge in [-0.05, 0) is 57.8 Å². The number of carbonyl (C=O) groups excluding carboxylic acids is 2. The van der Waals surface area contributed by atoms with Gasteiger partial charge in [-0.1, -0.05) is 276 Å². The quantitative estimate of drug-likeness (QED) is 0.0321. The van der Waals surface area contributed by atoms with Gasteiger partial charge in [0.1, 0.15) is 0 Å². The number of allylic oxidation sites excluding steroid dienone is 4. The summed E-state index contributed by atoms with van der Waals surface area (Å²) in [6.45, 7) is 4.92. The minimum atomic E-state index is -0.679. The van der Waals surface area contributed by atoms with Crippen molar-refractivity contribution in [3.8, 4) is 0 Å². The van der Waals surface area contributed by atoms with Gasteiger partial charge in [-0.15, -0.1) is 0 Å². The normalized spacial score (nSPS) is 12.7. The lowest BCUT2D eigenvalue weighted by atomic mass is 10.0. The van der Waals surface area contributed by atoms with Gasteiger partial charge in [0.2, 0.25) is 5.91 Å². The highest BCUT2D eigenvalue weighted by Crippen LogP contribution is 2.17. The van der Waals surface area contributed by atoms with Gasteiger partial charge in [0, 0.05) is 12.8 Å². The first-order valence-corrected chi connectivity index (χ1v) is 29.6. The van der Waals surface area contributed by atoms with Crippen molar-refractivity contribution in [3.63, 3.8) is 0 Å². The van der Waals surface area contributed by atoms with Gasteiger partial charge in [0.25, 0.3) is 0 Å². The molecule has 0 aliphatic carbocycles. The van der Waals surface area contributed by atoms with Crippen LogP contribution in [0.15, 0.2) is 24.3 Å². The van der Waals surface area contributed by atoms with Crippen LogP contribution in [0.5, 0.6) is 0 Å². The molecule has 2 unspecified atom stereocenters. The number of esters is 1. The highest BCUT2D eigenvalue weighted by molar-refractivity contribution is 5.76. The van der Waals surface area contributed by atoms with Crippen molar-refractivity contribution >= 4 is 11.9 Å². The van der Waals surface area contributed by atoms with Crippen LogP contribution in [0.2, 0.25) is 0 Å². The molecule has 6 heteroatoms. The Morgan fingerprint density at radius 3 is 1.12 bits per heavy atom. The number of nitrogens with one attached hydrogen (secondary N) is 1. The number of unbranched alkanes of at least 4 members (excludes halogenated alkanes) is 41. The lowest BCUT2D eigenvalue weighted by Crippen LogP contribution is -2.45. The van der Waals surface area contributed by atoms with E-state index >= 15 is 0 Å². The third kappa shape index (κ3) is 51.7. The molecule has 0 radical (unpaired) electrons. The molecule has 66 heavy (non-hydrogen) atoms. The Bertz CT molecular complexity index is 1030. The van der Waals surface area contributed by atoms with Crippen LogP contribution in [-0.4, -0.2) is 47.4 Å². The SMILES string of the molecule is CCCCCCCCCCCCCCCCCCCCCC(O)C(CO)NC(=O)CCCCCCCC/C=C\C=C/CCCCCOC(=O)CCCCCCCCCCCCCCCCC. The molecule has 0 aromatic heterocycles. The summed E-state index contributed by atoms with van der Waals surface area (Å²) in [5, 5.41) is 23.3. The summed E-state index contributed by atoms with van der Waals surface area (Å²) in [6, 6.07) is -0.558. The molecular formula is C60H115NO5. The molecule has 0 spiro atoms. The van der Waals surface area contributed by atoms with Crippen molar-refractivity contribution in [3.05, 3.63) is 24.3 Å². The molecule has 0 rings (SSSR count). The minimum Gasteiger partial charge on any atom is -0.466 e. The second-order valence-corrected chi connectivity index (χ2v) is 20.4. The average molecular weight is 931 g/mol. The van der Waals surface area contributed by atoms with Crippen LogP contribution >= 0.6 is 0 Å². The van der Waals surface area contributed by atoms with Crippen LogP contribution in [-0.2, 0) is 14.3 Å². The molecule has 390 valence electrons. The van der Waals surface area contributed by atoms with E-state index < -0.39 is 12.1 Å². The van der Waals surface area contributed by atoms with E-state index in [1.54, 1.807) is 0 Å². The number of aliphatic hydroxyl groups is 2. The van der Waals surface area contributed by atoms with Crippen molar-refractivity contribution in [2.24, 2.45) is 0 Å². The van der Waals surface area contributed by atoms with Crippen molar-refractivity contribution < 1.29 is 24.5 Å². The predicted molar refractivity (Wildman–Crippen MR) is 287 cm³/mol. The Hall–Kier alpha value is -1.66. The highest BCUT2D eigenvalue weighted by Gasteiger charge is 2.20. The molecule has 0 saturated heterocycles. The molecule has 0 fully saturated rings. The monoisotopic (exact) mass is 930 g/mol. The van der Waals surface area contributed by atoms with Crippen molar-refractivity contribution in [2.75, 3.05) is 13.2 Å². The Kier molecular flexibility index (Phi) is 54.5. The Morgan fingerprint density at radius 1 is 0.424 bits per heavy atom. The summed E-state index contributed by atoms with van der Waals surface area (Å²) in [4.78, 5) is 24.5. The fourth-order valence-corrected chi connectivity index (χ4v) is 9.22. The molecular weight excluding hydrogens is 815 g/mol. The number of rotatable bonds is 55. The fourth-order valence-electron chi connectivity index (χ4n) is 9.22. The standard InChI is InChI=1S/C60H115NO5/c1-3-5-7-9-11-13-15-17-19-20-21-22-25-28-32-36-40-44-48-52-58(63)57(56-62)61-59(64)53-49-45-41-37-33-29-26-23-27-31-35-39-43-47-51-55-66-60(65)54-50-46-42-38-34-30-24-18-16-14-12-10-8-6-4-2/h23,27,31,35,57-58,62-63H,3-22,24-26,28-30,32-34,36-56H2,1-2H3,(H,61,64)/b27-23-,35-31-. The van der Waals surface area contributed by atoms with Gasteiger partial charge in [-0.25, -0.2) is 0 Å². The van der Waals surface area contributed by atoms with Crippen LogP contribution in [0, 0.1) is 0 Å². The third-order valence-electron chi connectivity index (χ3n) is 13.8. The van der Waals surface area contributed by atoms with Gasteiger partial charge in [-0.3, -0.25) is 9.59 Å². The molecule has 3 N–H and O–H groups in total. The number of aliphatic hydroxyl groups excluding tert-OH is 2. The lowest BCUT2D eigenvalue weighted by molar-refractivity contribution is -0.143. The zero-order chi connectivity index (χ0) is 47.9. The second-order valence-electron chi connectivity index (χ2n) is 20.4. The molecule has 0 aliphatic rings. The molecule has 0 bridgehead atoms. The first-order chi connectivity index (χ1) is 32.5. The molecule has 0 saturated carbocycles. The number of ether oxygens (including phenoxy) is 1. The lowest BCUT2D eigenvalue weighted by Gasteiger charge is -2.22. The Morgan fingerprint density at radius 2 is 0.742 bits per heavy atom. The molecule has 0 heterocycles. The zero-order valence-electron chi connectivity index (χ0n) is 44.4. The van der Waals surface area contributed by atoms with Crippen molar-refractivity contribution in [1.82, 2.24) is 5.32 Å². The Balaban J connectivity index is 3.50. The summed E-state index contributed by atoms with van der Waals surface area (Å²) in [6.07, 6.45) is 67.4. The maximum absolute atomic E-state index is 12.5. The van der Waals surface area contributed by atoms with E-state index in [1.807, 2.05) is 0 Å². The van der Waals surface area contributed by atoms with Crippen LogP contribution in [0.3, 0.4) is 0 Å². The van der Waals surface area contributed by atoms with E-state index in [1.165, 1.54) is 212 Å². The highest BCUT2D eigenvalue weighted by atomic mass is 16.5. The van der Waals surface area contributed by atoms with Crippen LogP contribution < -0.4 is 5.32 Å². The number of carbonyl (C=O) groups is 2. The fraction of sp³-hybridized carbons (Fsp3) is 0.900. The van der Waals surface area contributed by atoms with Crippen LogP contribution in [0.25, 0.3) is 0 Å². The van der Waals surface area contributed by atoms with E-state index in [-0.39, 0.29) is 18.5 Å². The average Bonchev–Trinajstić information content (AvgIpc) is 3.32. The van der Waals surface area contributed by atoms with E-state index in [9.17, 15) is 19.8 Å². The zero-order valence-corrected chi connectivity index (χ0v) is 44.4. The molecule has 0 aromatic rings. The maximum atomic E-state index is 12.5. The van der Waals surface area contributed by atoms with Gasteiger partial charge in [0.05, 0.1) is 25.4 Å². The topological polar surface area (TPSA) is 95.9 Å². The molecule has 6 nitrogen and oxygen atoms in total. The number of hydrogen-bond acceptors (Lipinski definition) is 5. The summed E-state index contributed by atoms with van der Waals surface area (Å²) in [5.41, 5.74) is 0. The summed E-state index contributed by atoms with van der Waals surface area (Å²) < 4.78 is 5.45. The van der Waals surface area contributed by atoms with E-state index in [0.29, 0.717) is 25.9 Å². The summed E-state index contributed by atoms with van der Waals surface area (Å²) in [5.74, 6) is -0.0730. The van der Waals surface area contributed by atoms with Crippen molar-refractivity contribution in [2.45, 2.75) is 334 Å². The van der Waals surface area contributed by atoms with Crippen LogP contribution in [0.4, 0.5) is 0 Å². The number of amides is 1. The van der Waals surface area contributed by atoms with Gasteiger partial charge in [-0.2, -0.15) is 0 Å².